The second kappa shape index (κ2) is 3.83. The number of alkyl halides is 3. The van der Waals surface area contributed by atoms with Crippen molar-refractivity contribution in [3.63, 3.8) is 0 Å². The molecule has 0 atom stereocenters. The van der Waals surface area contributed by atoms with Gasteiger partial charge in [-0.25, -0.2) is 0 Å². The van der Waals surface area contributed by atoms with E-state index in [2.05, 4.69) is 4.98 Å². The molecule has 1 aromatic heterocycles. The van der Waals surface area contributed by atoms with Crippen molar-refractivity contribution in [2.24, 2.45) is 0 Å². The first kappa shape index (κ1) is 12.1. The molecule has 8 heteroatoms. The number of nitrogens with zero attached hydrogens (tertiary/aromatic N) is 2. The number of aromatic nitrogens is 1. The minimum Gasteiger partial charge on any atom is -0.393 e. The van der Waals surface area contributed by atoms with Crippen molar-refractivity contribution in [3.05, 3.63) is 40.1 Å². The predicted octanol–water partition coefficient (Wildman–Crippen LogP) is 2.74. The molecule has 18 heavy (non-hydrogen) atoms. The summed E-state index contributed by atoms with van der Waals surface area (Å²) in [5.74, 6) is 0. The second-order valence-electron chi connectivity index (χ2n) is 3.51. The number of anilines is 1. The van der Waals surface area contributed by atoms with E-state index >= 15 is 0 Å². The quantitative estimate of drug-likeness (QED) is 0.483. The molecule has 0 unspecified atom stereocenters. The van der Waals surface area contributed by atoms with E-state index in [0.29, 0.717) is 6.07 Å². The van der Waals surface area contributed by atoms with Gasteiger partial charge >= 0.3 is 6.18 Å². The number of hydrogen-bond acceptors (Lipinski definition) is 4. The number of nitrogens with two attached hydrogens (primary N) is 1. The average molecular weight is 257 g/mol. The maximum atomic E-state index is 12.8. The van der Waals surface area contributed by atoms with Crippen LogP contribution in [0.1, 0.15) is 5.56 Å². The summed E-state index contributed by atoms with van der Waals surface area (Å²) in [6.07, 6.45) is -3.56. The molecule has 0 saturated carbocycles. The van der Waals surface area contributed by atoms with Crippen LogP contribution in [0.15, 0.2) is 24.4 Å². The molecule has 0 spiro atoms. The summed E-state index contributed by atoms with van der Waals surface area (Å²) in [6.45, 7) is 0. The van der Waals surface area contributed by atoms with Crippen LogP contribution in [0.2, 0.25) is 0 Å². The number of pyridine rings is 1. The van der Waals surface area contributed by atoms with Crippen LogP contribution in [-0.2, 0) is 6.18 Å². The normalized spacial score (nSPS) is 11.7. The number of hydrogen-bond donors (Lipinski definition) is 1. The average Bonchev–Trinajstić information content (AvgIpc) is 2.27. The van der Waals surface area contributed by atoms with E-state index in [4.69, 9.17) is 5.73 Å². The van der Waals surface area contributed by atoms with Gasteiger partial charge in [0, 0.05) is 17.6 Å². The fourth-order valence-corrected chi connectivity index (χ4v) is 1.63. The SMILES string of the molecule is Nc1c([N+](=O)[O-])cc(C(F)(F)F)c2ncccc12. The van der Waals surface area contributed by atoms with Crippen molar-refractivity contribution >= 4 is 22.3 Å². The van der Waals surface area contributed by atoms with E-state index in [1.54, 1.807) is 0 Å². The van der Waals surface area contributed by atoms with E-state index in [1.165, 1.54) is 18.3 Å². The van der Waals surface area contributed by atoms with E-state index in [0.717, 1.165) is 0 Å². The summed E-state index contributed by atoms with van der Waals surface area (Å²) in [5, 5.41) is 10.6. The van der Waals surface area contributed by atoms with Gasteiger partial charge in [-0.3, -0.25) is 15.1 Å². The first-order valence-corrected chi connectivity index (χ1v) is 4.71. The van der Waals surface area contributed by atoms with Gasteiger partial charge in [0.05, 0.1) is 16.0 Å². The van der Waals surface area contributed by atoms with Crippen LogP contribution in [0.5, 0.6) is 0 Å². The van der Waals surface area contributed by atoms with Crippen molar-refractivity contribution in [2.45, 2.75) is 6.18 Å². The highest BCUT2D eigenvalue weighted by Gasteiger charge is 2.36. The zero-order valence-electron chi connectivity index (χ0n) is 8.73. The van der Waals surface area contributed by atoms with Gasteiger partial charge in [0.25, 0.3) is 5.69 Å². The lowest BCUT2D eigenvalue weighted by Gasteiger charge is -2.11. The summed E-state index contributed by atoms with van der Waals surface area (Å²) < 4.78 is 38.4. The van der Waals surface area contributed by atoms with Gasteiger partial charge in [-0.05, 0) is 12.1 Å². The molecule has 0 bridgehead atoms. The third-order valence-corrected chi connectivity index (χ3v) is 2.41. The molecule has 0 aliphatic rings. The third kappa shape index (κ3) is 1.81. The molecule has 0 aliphatic heterocycles. The number of rotatable bonds is 1. The van der Waals surface area contributed by atoms with Gasteiger partial charge in [-0.15, -0.1) is 0 Å². The smallest absolute Gasteiger partial charge is 0.393 e. The maximum Gasteiger partial charge on any atom is 0.418 e. The Bertz CT molecular complexity index is 640. The van der Waals surface area contributed by atoms with Gasteiger partial charge in [0.1, 0.15) is 5.69 Å². The minimum atomic E-state index is -4.73. The number of benzene rings is 1. The first-order valence-electron chi connectivity index (χ1n) is 4.71. The molecule has 2 rings (SSSR count). The third-order valence-electron chi connectivity index (χ3n) is 2.41. The van der Waals surface area contributed by atoms with Crippen molar-refractivity contribution < 1.29 is 18.1 Å². The Balaban J connectivity index is 2.94. The molecule has 5 nitrogen and oxygen atoms in total. The first-order chi connectivity index (χ1) is 8.32. The number of nitro groups is 1. The highest BCUT2D eigenvalue weighted by atomic mass is 19.4. The van der Waals surface area contributed by atoms with Gasteiger partial charge in [-0.1, -0.05) is 0 Å². The molecular weight excluding hydrogens is 251 g/mol. The van der Waals surface area contributed by atoms with Gasteiger partial charge < -0.3 is 5.73 Å². The number of nitrogen functional groups attached to an aromatic ring is 1. The topological polar surface area (TPSA) is 82.0 Å². The monoisotopic (exact) mass is 257 g/mol. The molecule has 0 aliphatic carbocycles. The molecule has 2 aromatic rings. The van der Waals surface area contributed by atoms with Crippen LogP contribution in [0.4, 0.5) is 24.5 Å². The second-order valence-corrected chi connectivity index (χ2v) is 3.51. The number of nitro benzene ring substituents is 1. The molecule has 0 fully saturated rings. The summed E-state index contributed by atoms with van der Waals surface area (Å²) in [5.41, 5.74) is 2.82. The lowest BCUT2D eigenvalue weighted by atomic mass is 10.1. The molecule has 94 valence electrons. The lowest BCUT2D eigenvalue weighted by Crippen LogP contribution is -2.09. The Morgan fingerprint density at radius 1 is 1.39 bits per heavy atom. The van der Waals surface area contributed by atoms with E-state index in [9.17, 15) is 23.3 Å². The van der Waals surface area contributed by atoms with E-state index in [1.807, 2.05) is 0 Å². The summed E-state index contributed by atoms with van der Waals surface area (Å²) in [4.78, 5) is 13.3. The highest BCUT2D eigenvalue weighted by Crippen LogP contribution is 2.40. The zero-order valence-corrected chi connectivity index (χ0v) is 8.73. The Hall–Kier alpha value is -2.38. The molecule has 0 saturated heterocycles. The summed E-state index contributed by atoms with van der Waals surface area (Å²) >= 11 is 0. The van der Waals surface area contributed by atoms with Crippen LogP contribution in [-0.4, -0.2) is 9.91 Å². The molecule has 2 N–H and O–H groups in total. The maximum absolute atomic E-state index is 12.8. The minimum absolute atomic E-state index is 0.0842. The lowest BCUT2D eigenvalue weighted by molar-refractivity contribution is -0.384. The fourth-order valence-electron chi connectivity index (χ4n) is 1.63. The van der Waals surface area contributed by atoms with Gasteiger partial charge in [-0.2, -0.15) is 13.2 Å². The van der Waals surface area contributed by atoms with Crippen LogP contribution >= 0.6 is 0 Å². The van der Waals surface area contributed by atoms with Crippen LogP contribution in [0, 0.1) is 10.1 Å². The summed E-state index contributed by atoms with van der Waals surface area (Å²) in [7, 11) is 0. The summed E-state index contributed by atoms with van der Waals surface area (Å²) in [6, 6.07) is 3.03. The van der Waals surface area contributed by atoms with Crippen molar-refractivity contribution in [3.8, 4) is 0 Å². The van der Waals surface area contributed by atoms with E-state index in [-0.39, 0.29) is 11.1 Å². The van der Waals surface area contributed by atoms with Gasteiger partial charge in [0.15, 0.2) is 0 Å². The largest absolute Gasteiger partial charge is 0.418 e. The Morgan fingerprint density at radius 3 is 2.61 bits per heavy atom. The number of halogens is 3. The Kier molecular flexibility index (Phi) is 2.57. The molecule has 0 radical (unpaired) electrons. The standard InChI is InChI=1S/C10H6F3N3O2/c11-10(12,13)6-4-7(16(17)18)8(14)5-2-1-3-15-9(5)6/h1-4H,14H2. The molecule has 1 aromatic carbocycles. The molecular formula is C10H6F3N3O2. The molecule has 1 heterocycles. The molecule has 0 amide bonds. The predicted molar refractivity (Wildman–Crippen MR) is 57.8 cm³/mol. The highest BCUT2D eigenvalue weighted by molar-refractivity contribution is 5.97. The van der Waals surface area contributed by atoms with E-state index < -0.39 is 27.9 Å². The zero-order chi connectivity index (χ0) is 13.5. The van der Waals surface area contributed by atoms with Crippen molar-refractivity contribution in [1.82, 2.24) is 4.98 Å². The van der Waals surface area contributed by atoms with Gasteiger partial charge in [0.2, 0.25) is 0 Å². The van der Waals surface area contributed by atoms with Crippen LogP contribution in [0.25, 0.3) is 10.9 Å². The van der Waals surface area contributed by atoms with Crippen LogP contribution < -0.4 is 5.73 Å². The van der Waals surface area contributed by atoms with Crippen molar-refractivity contribution in [1.29, 1.82) is 0 Å². The number of fused-ring (bicyclic) bond motifs is 1. The Morgan fingerprint density at radius 2 is 2.06 bits per heavy atom. The Labute approximate surface area is 98.2 Å². The fraction of sp³-hybridized carbons (Fsp3) is 0.100. The van der Waals surface area contributed by atoms with Crippen LogP contribution in [0.3, 0.4) is 0 Å². The van der Waals surface area contributed by atoms with Crippen molar-refractivity contribution in [2.75, 3.05) is 5.73 Å².